The average Bonchev–Trinajstić information content (AvgIpc) is 2.63. The van der Waals surface area contributed by atoms with Crippen molar-refractivity contribution in [2.75, 3.05) is 10.7 Å². The zero-order valence-corrected chi connectivity index (χ0v) is 9.83. The lowest BCUT2D eigenvalue weighted by Crippen LogP contribution is -2.23. The summed E-state index contributed by atoms with van der Waals surface area (Å²) in [7, 11) is 0. The summed E-state index contributed by atoms with van der Waals surface area (Å²) in [5.41, 5.74) is 2.55. The fraction of sp³-hybridized carbons (Fsp3) is 0.636. The zero-order chi connectivity index (χ0) is 11.5. The van der Waals surface area contributed by atoms with E-state index in [0.29, 0.717) is 17.8 Å². The SMILES string of the molecule is Cc1nc(NN)cc(NC2CCCC2C)n1. The van der Waals surface area contributed by atoms with Crippen LogP contribution >= 0.6 is 0 Å². The molecular formula is C11H19N5. The van der Waals surface area contributed by atoms with E-state index in [0.717, 1.165) is 11.6 Å². The average molecular weight is 221 g/mol. The molecule has 0 aromatic carbocycles. The van der Waals surface area contributed by atoms with Crippen LogP contribution in [-0.2, 0) is 0 Å². The minimum atomic E-state index is 0.528. The molecule has 0 amide bonds. The van der Waals surface area contributed by atoms with Gasteiger partial charge in [0, 0.05) is 12.1 Å². The molecule has 4 N–H and O–H groups in total. The molecule has 1 heterocycles. The van der Waals surface area contributed by atoms with Crippen LogP contribution in [0, 0.1) is 12.8 Å². The molecule has 1 fully saturated rings. The smallest absolute Gasteiger partial charge is 0.145 e. The van der Waals surface area contributed by atoms with E-state index in [-0.39, 0.29) is 0 Å². The van der Waals surface area contributed by atoms with Crippen LogP contribution in [0.3, 0.4) is 0 Å². The number of hydrazine groups is 1. The Labute approximate surface area is 95.8 Å². The van der Waals surface area contributed by atoms with Crippen molar-refractivity contribution in [2.24, 2.45) is 11.8 Å². The van der Waals surface area contributed by atoms with Crippen LogP contribution in [0.25, 0.3) is 0 Å². The maximum Gasteiger partial charge on any atom is 0.145 e. The van der Waals surface area contributed by atoms with Gasteiger partial charge in [-0.1, -0.05) is 13.3 Å². The lowest BCUT2D eigenvalue weighted by Gasteiger charge is -2.18. The molecule has 88 valence electrons. The number of hydrogen-bond donors (Lipinski definition) is 3. The number of rotatable bonds is 3. The molecule has 2 unspecified atom stereocenters. The van der Waals surface area contributed by atoms with E-state index < -0.39 is 0 Å². The zero-order valence-electron chi connectivity index (χ0n) is 9.83. The summed E-state index contributed by atoms with van der Waals surface area (Å²) in [6, 6.07) is 2.37. The Bertz CT molecular complexity index is 365. The quantitative estimate of drug-likeness (QED) is 0.534. The van der Waals surface area contributed by atoms with Crippen LogP contribution < -0.4 is 16.6 Å². The van der Waals surface area contributed by atoms with Crippen LogP contribution in [0.15, 0.2) is 6.07 Å². The molecule has 0 radical (unpaired) electrons. The number of nitrogens with two attached hydrogens (primary N) is 1. The van der Waals surface area contributed by atoms with Crippen molar-refractivity contribution in [3.8, 4) is 0 Å². The molecule has 1 saturated carbocycles. The molecule has 5 nitrogen and oxygen atoms in total. The lowest BCUT2D eigenvalue weighted by atomic mass is 10.1. The van der Waals surface area contributed by atoms with Crippen molar-refractivity contribution in [2.45, 2.75) is 39.2 Å². The summed E-state index contributed by atoms with van der Waals surface area (Å²) in [5, 5.41) is 3.46. The standard InChI is InChI=1S/C11H19N5/c1-7-4-3-5-9(7)15-10-6-11(16-12)14-8(2)13-10/h6-7,9H,3-5,12H2,1-2H3,(H2,13,14,15,16). The van der Waals surface area contributed by atoms with Gasteiger partial charge < -0.3 is 10.7 Å². The first-order valence-electron chi connectivity index (χ1n) is 5.78. The third-order valence-corrected chi connectivity index (χ3v) is 3.18. The molecule has 0 spiro atoms. The first-order chi connectivity index (χ1) is 7.69. The summed E-state index contributed by atoms with van der Waals surface area (Å²) in [6.07, 6.45) is 3.81. The molecule has 16 heavy (non-hydrogen) atoms. The first kappa shape index (κ1) is 11.1. The lowest BCUT2D eigenvalue weighted by molar-refractivity contribution is 0.554. The second-order valence-corrected chi connectivity index (χ2v) is 4.49. The second kappa shape index (κ2) is 4.65. The van der Waals surface area contributed by atoms with Gasteiger partial charge in [-0.2, -0.15) is 0 Å². The topological polar surface area (TPSA) is 75.9 Å². The Hall–Kier alpha value is -1.36. The summed E-state index contributed by atoms with van der Waals surface area (Å²) in [5.74, 6) is 8.31. The summed E-state index contributed by atoms with van der Waals surface area (Å²) in [4.78, 5) is 8.52. The van der Waals surface area contributed by atoms with Gasteiger partial charge in [0.1, 0.15) is 17.5 Å². The van der Waals surface area contributed by atoms with E-state index in [1.54, 1.807) is 0 Å². The van der Waals surface area contributed by atoms with Crippen molar-refractivity contribution < 1.29 is 0 Å². The van der Waals surface area contributed by atoms with Crippen molar-refractivity contribution in [1.29, 1.82) is 0 Å². The van der Waals surface area contributed by atoms with E-state index in [1.807, 2.05) is 13.0 Å². The number of aromatic nitrogens is 2. The van der Waals surface area contributed by atoms with Gasteiger partial charge in [-0.05, 0) is 25.7 Å². The predicted molar refractivity (Wildman–Crippen MR) is 65.0 cm³/mol. The molecule has 0 saturated heterocycles. The Balaban J connectivity index is 2.11. The number of anilines is 2. The van der Waals surface area contributed by atoms with Gasteiger partial charge in [-0.3, -0.25) is 0 Å². The molecule has 0 bridgehead atoms. The minimum Gasteiger partial charge on any atom is -0.367 e. The summed E-state index contributed by atoms with van der Waals surface area (Å²) >= 11 is 0. The molecule has 1 aliphatic carbocycles. The molecule has 5 heteroatoms. The van der Waals surface area contributed by atoms with Crippen molar-refractivity contribution in [3.05, 3.63) is 11.9 Å². The molecule has 1 aromatic rings. The Morgan fingerprint density at radius 3 is 2.69 bits per heavy atom. The van der Waals surface area contributed by atoms with E-state index >= 15 is 0 Å². The van der Waals surface area contributed by atoms with E-state index in [9.17, 15) is 0 Å². The number of nitrogen functional groups attached to an aromatic ring is 1. The number of aryl methyl sites for hydroxylation is 1. The van der Waals surface area contributed by atoms with Gasteiger partial charge in [-0.15, -0.1) is 0 Å². The highest BCUT2D eigenvalue weighted by Gasteiger charge is 2.23. The van der Waals surface area contributed by atoms with Gasteiger partial charge >= 0.3 is 0 Å². The van der Waals surface area contributed by atoms with Gasteiger partial charge in [0.2, 0.25) is 0 Å². The monoisotopic (exact) mass is 221 g/mol. The van der Waals surface area contributed by atoms with Crippen molar-refractivity contribution in [1.82, 2.24) is 9.97 Å². The fourth-order valence-electron chi connectivity index (χ4n) is 2.27. The highest BCUT2D eigenvalue weighted by Crippen LogP contribution is 2.27. The maximum absolute atomic E-state index is 5.35. The third kappa shape index (κ3) is 2.41. The highest BCUT2D eigenvalue weighted by atomic mass is 15.3. The van der Waals surface area contributed by atoms with Gasteiger partial charge in [0.05, 0.1) is 0 Å². The van der Waals surface area contributed by atoms with E-state index in [2.05, 4.69) is 27.6 Å². The Kier molecular flexibility index (Phi) is 3.24. The van der Waals surface area contributed by atoms with Crippen LogP contribution in [-0.4, -0.2) is 16.0 Å². The van der Waals surface area contributed by atoms with Gasteiger partial charge in [-0.25, -0.2) is 15.8 Å². The third-order valence-electron chi connectivity index (χ3n) is 3.18. The minimum absolute atomic E-state index is 0.528. The molecule has 1 aromatic heterocycles. The first-order valence-corrected chi connectivity index (χ1v) is 5.78. The van der Waals surface area contributed by atoms with Crippen molar-refractivity contribution in [3.63, 3.8) is 0 Å². The number of nitrogens with one attached hydrogen (secondary N) is 2. The van der Waals surface area contributed by atoms with Crippen LogP contribution in [0.5, 0.6) is 0 Å². The van der Waals surface area contributed by atoms with Gasteiger partial charge in [0.25, 0.3) is 0 Å². The fourth-order valence-corrected chi connectivity index (χ4v) is 2.27. The Morgan fingerprint density at radius 2 is 2.06 bits per heavy atom. The van der Waals surface area contributed by atoms with Crippen LogP contribution in [0.2, 0.25) is 0 Å². The second-order valence-electron chi connectivity index (χ2n) is 4.49. The van der Waals surface area contributed by atoms with Crippen molar-refractivity contribution >= 4 is 11.6 Å². The molecule has 2 rings (SSSR count). The number of hydrogen-bond acceptors (Lipinski definition) is 5. The normalized spacial score (nSPS) is 24.4. The van der Waals surface area contributed by atoms with Gasteiger partial charge in [0.15, 0.2) is 0 Å². The molecule has 0 aliphatic heterocycles. The molecular weight excluding hydrogens is 202 g/mol. The highest BCUT2D eigenvalue weighted by molar-refractivity contribution is 5.47. The molecule has 1 aliphatic rings. The van der Waals surface area contributed by atoms with Crippen LogP contribution in [0.4, 0.5) is 11.6 Å². The van der Waals surface area contributed by atoms with Crippen LogP contribution in [0.1, 0.15) is 32.0 Å². The van der Waals surface area contributed by atoms with E-state index in [1.165, 1.54) is 19.3 Å². The summed E-state index contributed by atoms with van der Waals surface area (Å²) in [6.45, 7) is 4.14. The summed E-state index contributed by atoms with van der Waals surface area (Å²) < 4.78 is 0. The molecule has 2 atom stereocenters. The Morgan fingerprint density at radius 1 is 1.31 bits per heavy atom. The van der Waals surface area contributed by atoms with E-state index in [4.69, 9.17) is 5.84 Å². The predicted octanol–water partition coefficient (Wildman–Crippen LogP) is 1.67. The largest absolute Gasteiger partial charge is 0.367 e. The number of nitrogens with zero attached hydrogens (tertiary/aromatic N) is 2. The maximum atomic E-state index is 5.35.